The summed E-state index contributed by atoms with van der Waals surface area (Å²) in [4.78, 5) is 23.7. The number of carbonyl (C=O) groups is 2. The second-order valence-electron chi connectivity index (χ2n) is 4.93. The van der Waals surface area contributed by atoms with Crippen LogP contribution in [0.25, 0.3) is 0 Å². The highest BCUT2D eigenvalue weighted by Crippen LogP contribution is 2.12. The van der Waals surface area contributed by atoms with Gasteiger partial charge in [0, 0.05) is 17.8 Å². The summed E-state index contributed by atoms with van der Waals surface area (Å²) in [5.74, 6) is -0.742. The first-order valence-electron chi connectivity index (χ1n) is 6.77. The van der Waals surface area contributed by atoms with E-state index in [2.05, 4.69) is 5.32 Å². The van der Waals surface area contributed by atoms with Gasteiger partial charge in [-0.25, -0.2) is 4.79 Å². The minimum Gasteiger partial charge on any atom is -0.619 e. The standard InChI is InChI=1S/C16H16N2O4/c1-11(2)22-16(20)13-3-5-14(6-4-13)17-15(19)12-7-9-18(21)10-8-12/h3-11H,1-2H3,(H,17,19). The summed E-state index contributed by atoms with van der Waals surface area (Å²) in [5, 5.41) is 13.6. The van der Waals surface area contributed by atoms with Crippen molar-refractivity contribution in [2.45, 2.75) is 20.0 Å². The molecule has 0 aliphatic heterocycles. The van der Waals surface area contributed by atoms with Gasteiger partial charge in [-0.2, -0.15) is 4.73 Å². The van der Waals surface area contributed by atoms with Gasteiger partial charge in [0.25, 0.3) is 5.91 Å². The number of aromatic nitrogens is 1. The fourth-order valence-electron chi connectivity index (χ4n) is 1.74. The molecule has 0 aliphatic carbocycles. The van der Waals surface area contributed by atoms with Crippen LogP contribution in [0.4, 0.5) is 5.69 Å². The number of carbonyl (C=O) groups excluding carboxylic acids is 2. The van der Waals surface area contributed by atoms with Crippen LogP contribution in [-0.2, 0) is 4.74 Å². The molecule has 0 atom stereocenters. The number of esters is 1. The molecule has 0 aliphatic rings. The van der Waals surface area contributed by atoms with E-state index in [4.69, 9.17) is 4.74 Å². The molecule has 1 aromatic carbocycles. The lowest BCUT2D eigenvalue weighted by atomic mass is 10.2. The normalized spacial score (nSPS) is 10.3. The van der Waals surface area contributed by atoms with E-state index < -0.39 is 5.97 Å². The van der Waals surface area contributed by atoms with Crippen molar-refractivity contribution in [1.29, 1.82) is 0 Å². The number of anilines is 1. The Morgan fingerprint density at radius 3 is 2.18 bits per heavy atom. The molecule has 1 aromatic heterocycles. The summed E-state index contributed by atoms with van der Waals surface area (Å²) in [6, 6.07) is 9.25. The molecule has 0 saturated carbocycles. The van der Waals surface area contributed by atoms with E-state index in [1.165, 1.54) is 24.5 Å². The molecule has 0 saturated heterocycles. The van der Waals surface area contributed by atoms with E-state index >= 15 is 0 Å². The van der Waals surface area contributed by atoms with Crippen LogP contribution >= 0.6 is 0 Å². The molecular weight excluding hydrogens is 284 g/mol. The van der Waals surface area contributed by atoms with Crippen molar-refractivity contribution < 1.29 is 19.1 Å². The van der Waals surface area contributed by atoms with Crippen LogP contribution in [0.3, 0.4) is 0 Å². The van der Waals surface area contributed by atoms with Gasteiger partial charge < -0.3 is 15.3 Å². The number of ether oxygens (including phenoxy) is 1. The van der Waals surface area contributed by atoms with Gasteiger partial charge in [-0.1, -0.05) is 0 Å². The maximum absolute atomic E-state index is 12.0. The highest BCUT2D eigenvalue weighted by Gasteiger charge is 2.10. The molecule has 0 radical (unpaired) electrons. The molecule has 2 aromatic rings. The van der Waals surface area contributed by atoms with Crippen molar-refractivity contribution in [3.63, 3.8) is 0 Å². The maximum Gasteiger partial charge on any atom is 0.338 e. The van der Waals surface area contributed by atoms with Crippen molar-refractivity contribution >= 4 is 17.6 Å². The highest BCUT2D eigenvalue weighted by molar-refractivity contribution is 6.04. The Hall–Kier alpha value is -2.89. The highest BCUT2D eigenvalue weighted by atomic mass is 16.5. The van der Waals surface area contributed by atoms with Gasteiger partial charge in [-0.3, -0.25) is 4.79 Å². The summed E-state index contributed by atoms with van der Waals surface area (Å²) >= 11 is 0. The maximum atomic E-state index is 12.0. The lowest BCUT2D eigenvalue weighted by Gasteiger charge is -2.09. The topological polar surface area (TPSA) is 82.3 Å². The molecule has 0 spiro atoms. The Morgan fingerprint density at radius 2 is 1.64 bits per heavy atom. The average molecular weight is 300 g/mol. The van der Waals surface area contributed by atoms with Gasteiger partial charge in [-0.05, 0) is 38.1 Å². The number of benzene rings is 1. The van der Waals surface area contributed by atoms with E-state index in [0.29, 0.717) is 21.5 Å². The summed E-state index contributed by atoms with van der Waals surface area (Å²) < 4.78 is 5.68. The van der Waals surface area contributed by atoms with Crippen LogP contribution in [0.2, 0.25) is 0 Å². The number of nitrogens with one attached hydrogen (secondary N) is 1. The summed E-state index contributed by atoms with van der Waals surface area (Å²) in [6.07, 6.45) is 2.31. The first-order chi connectivity index (χ1) is 10.5. The molecule has 1 heterocycles. The zero-order valence-corrected chi connectivity index (χ0v) is 12.3. The van der Waals surface area contributed by atoms with Crippen molar-refractivity contribution in [3.8, 4) is 0 Å². The molecule has 114 valence electrons. The van der Waals surface area contributed by atoms with Gasteiger partial charge in [0.1, 0.15) is 0 Å². The number of hydrogen-bond donors (Lipinski definition) is 1. The number of rotatable bonds is 4. The zero-order chi connectivity index (χ0) is 16.1. The number of hydrogen-bond acceptors (Lipinski definition) is 4. The molecule has 1 N–H and O–H groups in total. The Labute approximate surface area is 127 Å². The Balaban J connectivity index is 2.03. The quantitative estimate of drug-likeness (QED) is 0.533. The van der Waals surface area contributed by atoms with Gasteiger partial charge in [0.15, 0.2) is 12.4 Å². The van der Waals surface area contributed by atoms with Crippen molar-refractivity contribution in [3.05, 3.63) is 65.1 Å². The molecule has 6 nitrogen and oxygen atoms in total. The molecular formula is C16H16N2O4. The van der Waals surface area contributed by atoms with Crippen molar-refractivity contribution in [2.24, 2.45) is 0 Å². The lowest BCUT2D eigenvalue weighted by molar-refractivity contribution is -0.605. The second-order valence-corrected chi connectivity index (χ2v) is 4.93. The van der Waals surface area contributed by atoms with Crippen molar-refractivity contribution in [1.82, 2.24) is 0 Å². The molecule has 0 fully saturated rings. The Kier molecular flexibility index (Phi) is 4.73. The van der Waals surface area contributed by atoms with Crippen LogP contribution < -0.4 is 10.0 Å². The lowest BCUT2D eigenvalue weighted by Crippen LogP contribution is -2.25. The predicted octanol–water partition coefficient (Wildman–Crippen LogP) is 2.14. The number of amides is 1. The molecule has 2 rings (SSSR count). The van der Waals surface area contributed by atoms with Crippen LogP contribution in [0.1, 0.15) is 34.6 Å². The third-order valence-corrected chi connectivity index (χ3v) is 2.79. The smallest absolute Gasteiger partial charge is 0.338 e. The third kappa shape index (κ3) is 4.05. The first kappa shape index (κ1) is 15.5. The predicted molar refractivity (Wildman–Crippen MR) is 80.3 cm³/mol. The van der Waals surface area contributed by atoms with E-state index in [9.17, 15) is 14.8 Å². The third-order valence-electron chi connectivity index (χ3n) is 2.79. The molecule has 6 heteroatoms. The number of nitrogens with zero attached hydrogens (tertiary/aromatic N) is 1. The Morgan fingerprint density at radius 1 is 1.05 bits per heavy atom. The summed E-state index contributed by atoms with van der Waals surface area (Å²) in [5.41, 5.74) is 1.33. The minimum absolute atomic E-state index is 0.186. The second kappa shape index (κ2) is 6.71. The minimum atomic E-state index is -0.407. The van der Waals surface area contributed by atoms with Crippen LogP contribution in [0, 0.1) is 5.21 Å². The van der Waals surface area contributed by atoms with E-state index in [0.717, 1.165) is 0 Å². The van der Waals surface area contributed by atoms with Gasteiger partial charge in [0.05, 0.1) is 17.2 Å². The fraction of sp³-hybridized carbons (Fsp3) is 0.188. The number of pyridine rings is 1. The van der Waals surface area contributed by atoms with Gasteiger partial charge >= 0.3 is 5.97 Å². The van der Waals surface area contributed by atoms with E-state index in [1.807, 2.05) is 0 Å². The molecule has 0 unspecified atom stereocenters. The molecule has 1 amide bonds. The van der Waals surface area contributed by atoms with Crippen molar-refractivity contribution in [2.75, 3.05) is 5.32 Å². The summed E-state index contributed by atoms with van der Waals surface area (Å²) in [6.45, 7) is 3.55. The van der Waals surface area contributed by atoms with Gasteiger partial charge in [-0.15, -0.1) is 0 Å². The van der Waals surface area contributed by atoms with E-state index in [-0.39, 0.29) is 12.0 Å². The Bertz CT molecular complexity index is 664. The first-order valence-corrected chi connectivity index (χ1v) is 6.77. The van der Waals surface area contributed by atoms with Crippen LogP contribution in [-0.4, -0.2) is 18.0 Å². The largest absolute Gasteiger partial charge is 0.619 e. The van der Waals surface area contributed by atoms with Crippen LogP contribution in [0.15, 0.2) is 48.8 Å². The monoisotopic (exact) mass is 300 g/mol. The molecule has 0 bridgehead atoms. The SMILES string of the molecule is CC(C)OC(=O)c1ccc(NC(=O)c2cc[n+]([O-])cc2)cc1. The van der Waals surface area contributed by atoms with Gasteiger partial charge in [0.2, 0.25) is 0 Å². The van der Waals surface area contributed by atoms with Crippen LogP contribution in [0.5, 0.6) is 0 Å². The fourth-order valence-corrected chi connectivity index (χ4v) is 1.74. The summed E-state index contributed by atoms with van der Waals surface area (Å²) in [7, 11) is 0. The molecule has 22 heavy (non-hydrogen) atoms. The average Bonchev–Trinajstić information content (AvgIpc) is 2.48. The van der Waals surface area contributed by atoms with E-state index in [1.54, 1.807) is 38.1 Å². The zero-order valence-electron chi connectivity index (χ0n) is 12.3.